The summed E-state index contributed by atoms with van der Waals surface area (Å²) >= 11 is 0. The van der Waals surface area contributed by atoms with E-state index in [-0.39, 0.29) is 17.6 Å². The maximum absolute atomic E-state index is 12.6. The number of urea groups is 1. The summed E-state index contributed by atoms with van der Waals surface area (Å²) in [7, 11) is 0. The van der Waals surface area contributed by atoms with Crippen LogP contribution in [0.5, 0.6) is 0 Å². The van der Waals surface area contributed by atoms with Gasteiger partial charge >= 0.3 is 6.03 Å². The maximum Gasteiger partial charge on any atom is 0.321 e. The number of rotatable bonds is 4. The van der Waals surface area contributed by atoms with Crippen molar-refractivity contribution in [2.24, 2.45) is 0 Å². The molecule has 0 aliphatic carbocycles. The predicted octanol–water partition coefficient (Wildman–Crippen LogP) is 2.92. The molecule has 2 aromatic carbocycles. The number of nitrogens with one attached hydrogen (secondary N) is 2. The van der Waals surface area contributed by atoms with E-state index in [4.69, 9.17) is 0 Å². The van der Waals surface area contributed by atoms with Crippen molar-refractivity contribution in [2.75, 3.05) is 23.3 Å². The first-order valence-corrected chi connectivity index (χ1v) is 9.54. The minimum absolute atomic E-state index is 0.129. The summed E-state index contributed by atoms with van der Waals surface area (Å²) in [4.78, 5) is 26.6. The third-order valence-corrected chi connectivity index (χ3v) is 4.80. The molecule has 0 atom stereocenters. The summed E-state index contributed by atoms with van der Waals surface area (Å²) in [5.41, 5.74) is 4.66. The lowest BCUT2D eigenvalue weighted by Gasteiger charge is -2.18. The van der Waals surface area contributed by atoms with E-state index in [2.05, 4.69) is 20.9 Å². The molecule has 8 nitrogen and oxygen atoms in total. The average Bonchev–Trinajstić information content (AvgIpc) is 3.35. The van der Waals surface area contributed by atoms with E-state index in [0.717, 1.165) is 28.9 Å². The minimum atomic E-state index is -0.355. The molecule has 8 heteroatoms. The van der Waals surface area contributed by atoms with Gasteiger partial charge in [0.15, 0.2) is 5.69 Å². The molecular formula is C21H22N6O2. The Hall–Kier alpha value is -3.68. The molecule has 2 N–H and O–H groups in total. The molecule has 2 heterocycles. The highest BCUT2D eigenvalue weighted by Crippen LogP contribution is 2.31. The third-order valence-electron chi connectivity index (χ3n) is 4.80. The van der Waals surface area contributed by atoms with Gasteiger partial charge in [0, 0.05) is 18.8 Å². The topological polar surface area (TPSA) is 92.2 Å². The maximum atomic E-state index is 12.6. The number of anilines is 2. The Morgan fingerprint density at radius 3 is 2.83 bits per heavy atom. The van der Waals surface area contributed by atoms with Gasteiger partial charge in [-0.2, -0.15) is 0 Å². The van der Waals surface area contributed by atoms with E-state index in [9.17, 15) is 9.59 Å². The van der Waals surface area contributed by atoms with Gasteiger partial charge in [-0.3, -0.25) is 9.69 Å². The molecule has 0 fully saturated rings. The lowest BCUT2D eigenvalue weighted by Crippen LogP contribution is -2.38. The molecule has 0 saturated heterocycles. The molecule has 148 valence electrons. The van der Waals surface area contributed by atoms with Gasteiger partial charge in [0.1, 0.15) is 0 Å². The molecule has 0 radical (unpaired) electrons. The lowest BCUT2D eigenvalue weighted by molar-refractivity contribution is 0.102. The van der Waals surface area contributed by atoms with Crippen LogP contribution in [0.3, 0.4) is 0 Å². The normalized spacial score (nSPS) is 12.6. The zero-order valence-electron chi connectivity index (χ0n) is 16.3. The summed E-state index contributed by atoms with van der Waals surface area (Å²) in [6.45, 7) is 5.07. The highest BCUT2D eigenvalue weighted by atomic mass is 16.2. The van der Waals surface area contributed by atoms with E-state index in [1.54, 1.807) is 15.8 Å². The predicted molar refractivity (Wildman–Crippen MR) is 111 cm³/mol. The Kier molecular flexibility index (Phi) is 4.99. The van der Waals surface area contributed by atoms with Crippen LogP contribution in [-0.4, -0.2) is 40.0 Å². The summed E-state index contributed by atoms with van der Waals surface area (Å²) in [5.74, 6) is -0.355. The van der Waals surface area contributed by atoms with Gasteiger partial charge in [-0.1, -0.05) is 23.4 Å². The van der Waals surface area contributed by atoms with Crippen molar-refractivity contribution in [1.29, 1.82) is 0 Å². The number of fused-ring (bicyclic) bond motifs is 1. The highest BCUT2D eigenvalue weighted by Gasteiger charge is 2.25. The number of aromatic nitrogens is 3. The molecule has 4 rings (SSSR count). The van der Waals surface area contributed by atoms with Gasteiger partial charge in [0.2, 0.25) is 0 Å². The van der Waals surface area contributed by atoms with Crippen molar-refractivity contribution in [3.05, 3.63) is 65.5 Å². The summed E-state index contributed by atoms with van der Waals surface area (Å²) in [6.07, 6.45) is 2.39. The fourth-order valence-electron chi connectivity index (χ4n) is 3.37. The molecule has 3 amide bonds. The van der Waals surface area contributed by atoms with Crippen LogP contribution in [0.1, 0.15) is 28.5 Å². The standard InChI is InChI=1S/C21H22N6O2/c1-3-22-21(29)26-10-9-15-7-8-16(12-19(15)26)23-20(28)18-13-27(25-24-18)17-6-4-5-14(2)11-17/h4-8,11-13H,3,9-10H2,1-2H3,(H,22,29)(H,23,28). The molecule has 0 saturated carbocycles. The quantitative estimate of drug-likeness (QED) is 0.716. The zero-order valence-corrected chi connectivity index (χ0v) is 16.3. The first-order chi connectivity index (χ1) is 14.0. The monoisotopic (exact) mass is 390 g/mol. The number of hydrogen-bond donors (Lipinski definition) is 2. The number of carbonyl (C=O) groups is 2. The smallest absolute Gasteiger partial charge is 0.321 e. The molecule has 0 unspecified atom stereocenters. The van der Waals surface area contributed by atoms with Crippen LogP contribution in [0.25, 0.3) is 5.69 Å². The lowest BCUT2D eigenvalue weighted by atomic mass is 10.1. The average molecular weight is 390 g/mol. The minimum Gasteiger partial charge on any atom is -0.338 e. The number of benzene rings is 2. The van der Waals surface area contributed by atoms with Gasteiger partial charge in [-0.25, -0.2) is 9.48 Å². The SMILES string of the molecule is CCNC(=O)N1CCc2ccc(NC(=O)c3cn(-c4cccc(C)c4)nn3)cc21. The second-order valence-electron chi connectivity index (χ2n) is 6.92. The van der Waals surface area contributed by atoms with Crippen molar-refractivity contribution in [3.63, 3.8) is 0 Å². The number of carbonyl (C=O) groups excluding carboxylic acids is 2. The first kappa shape index (κ1) is 18.7. The zero-order chi connectivity index (χ0) is 20.4. The largest absolute Gasteiger partial charge is 0.338 e. The number of hydrogen-bond acceptors (Lipinski definition) is 4. The molecular weight excluding hydrogens is 368 g/mol. The van der Waals surface area contributed by atoms with Crippen LogP contribution in [-0.2, 0) is 6.42 Å². The van der Waals surface area contributed by atoms with Gasteiger partial charge in [0.25, 0.3) is 5.91 Å². The van der Waals surface area contributed by atoms with Gasteiger partial charge in [-0.05, 0) is 55.7 Å². The van der Waals surface area contributed by atoms with Crippen LogP contribution >= 0.6 is 0 Å². The van der Waals surface area contributed by atoms with E-state index in [1.165, 1.54) is 0 Å². The van der Waals surface area contributed by atoms with Crippen LogP contribution in [0.15, 0.2) is 48.7 Å². The van der Waals surface area contributed by atoms with Crippen LogP contribution in [0.4, 0.5) is 16.2 Å². The van der Waals surface area contributed by atoms with Crippen molar-refractivity contribution >= 4 is 23.3 Å². The van der Waals surface area contributed by atoms with Gasteiger partial charge in [-0.15, -0.1) is 5.10 Å². The second kappa shape index (κ2) is 7.75. The van der Waals surface area contributed by atoms with Crippen LogP contribution < -0.4 is 15.5 Å². The molecule has 1 aromatic heterocycles. The van der Waals surface area contributed by atoms with Crippen molar-refractivity contribution in [3.8, 4) is 5.69 Å². The summed E-state index contributed by atoms with van der Waals surface area (Å²) in [5, 5.41) is 13.7. The molecule has 29 heavy (non-hydrogen) atoms. The Labute approximate surface area is 168 Å². The van der Waals surface area contributed by atoms with E-state index in [1.807, 2.05) is 56.3 Å². The molecule has 0 bridgehead atoms. The van der Waals surface area contributed by atoms with Crippen molar-refractivity contribution < 1.29 is 9.59 Å². The number of nitrogens with zero attached hydrogens (tertiary/aromatic N) is 4. The molecule has 0 spiro atoms. The van der Waals surface area contributed by atoms with E-state index < -0.39 is 0 Å². The van der Waals surface area contributed by atoms with Crippen LogP contribution in [0.2, 0.25) is 0 Å². The van der Waals surface area contributed by atoms with Crippen molar-refractivity contribution in [2.45, 2.75) is 20.3 Å². The Morgan fingerprint density at radius 1 is 1.17 bits per heavy atom. The van der Waals surface area contributed by atoms with Crippen molar-refractivity contribution in [1.82, 2.24) is 20.3 Å². The Morgan fingerprint density at radius 2 is 2.03 bits per heavy atom. The molecule has 3 aromatic rings. The fourth-order valence-corrected chi connectivity index (χ4v) is 3.37. The first-order valence-electron chi connectivity index (χ1n) is 9.54. The van der Waals surface area contributed by atoms with E-state index in [0.29, 0.717) is 18.8 Å². The Balaban J connectivity index is 1.51. The molecule has 1 aliphatic rings. The summed E-state index contributed by atoms with van der Waals surface area (Å²) < 4.78 is 1.57. The van der Waals surface area contributed by atoms with Gasteiger partial charge in [0.05, 0.1) is 17.6 Å². The fraction of sp³-hybridized carbons (Fsp3) is 0.238. The second-order valence-corrected chi connectivity index (χ2v) is 6.92. The highest BCUT2D eigenvalue weighted by molar-refractivity contribution is 6.03. The van der Waals surface area contributed by atoms with Gasteiger partial charge < -0.3 is 10.6 Å². The van der Waals surface area contributed by atoms with E-state index >= 15 is 0 Å². The summed E-state index contributed by atoms with van der Waals surface area (Å²) in [6, 6.07) is 13.3. The third kappa shape index (κ3) is 3.82. The van der Waals surface area contributed by atoms with Crippen LogP contribution in [0, 0.1) is 6.92 Å². The molecule has 1 aliphatic heterocycles. The number of amides is 3. The Bertz CT molecular complexity index is 1070. The number of aryl methyl sites for hydroxylation is 1.